The molecule has 2 fully saturated rings. The van der Waals surface area contributed by atoms with Gasteiger partial charge in [-0.3, -0.25) is 4.79 Å². The first kappa shape index (κ1) is 13.4. The minimum Gasteiger partial charge on any atom is -0.378 e. The van der Waals surface area contributed by atoms with E-state index in [0.717, 1.165) is 39.4 Å². The molecule has 2 heterocycles. The van der Waals surface area contributed by atoms with Crippen LogP contribution in [0.2, 0.25) is 0 Å². The van der Waals surface area contributed by atoms with E-state index < -0.39 is 0 Å². The van der Waals surface area contributed by atoms with Crippen molar-refractivity contribution >= 4 is 11.6 Å². The molecule has 0 aromatic heterocycles. The molecule has 0 spiro atoms. The molecule has 20 heavy (non-hydrogen) atoms. The summed E-state index contributed by atoms with van der Waals surface area (Å²) in [6.07, 6.45) is 0. The lowest BCUT2D eigenvalue weighted by Gasteiger charge is -2.31. The smallest absolute Gasteiger partial charge is 0.225 e. The molecule has 0 unspecified atom stereocenters. The zero-order chi connectivity index (χ0) is 13.8. The van der Waals surface area contributed by atoms with E-state index in [0.29, 0.717) is 6.54 Å². The number of nitrogens with zero attached hydrogens (tertiary/aromatic N) is 1. The van der Waals surface area contributed by atoms with Crippen molar-refractivity contribution in [3.05, 3.63) is 29.8 Å². The molecule has 2 N–H and O–H groups in total. The summed E-state index contributed by atoms with van der Waals surface area (Å²) in [5, 5.41) is 6.16. The highest BCUT2D eigenvalue weighted by atomic mass is 16.5. The summed E-state index contributed by atoms with van der Waals surface area (Å²) >= 11 is 0. The fourth-order valence-electron chi connectivity index (χ4n) is 2.57. The van der Waals surface area contributed by atoms with Crippen LogP contribution in [0.15, 0.2) is 24.3 Å². The van der Waals surface area contributed by atoms with E-state index in [1.54, 1.807) is 0 Å². The van der Waals surface area contributed by atoms with Gasteiger partial charge in [-0.05, 0) is 11.6 Å². The molecule has 1 amide bonds. The lowest BCUT2D eigenvalue weighted by molar-refractivity contribution is -0.126. The molecule has 108 valence electrons. The number of carbonyl (C=O) groups is 1. The van der Waals surface area contributed by atoms with Crippen LogP contribution in [-0.2, 0) is 16.1 Å². The molecule has 3 rings (SSSR count). The zero-order valence-electron chi connectivity index (χ0n) is 11.6. The van der Waals surface area contributed by atoms with Gasteiger partial charge >= 0.3 is 0 Å². The lowest BCUT2D eigenvalue weighted by Crippen LogP contribution is -2.50. The Morgan fingerprint density at radius 2 is 2.05 bits per heavy atom. The molecule has 0 atom stereocenters. The monoisotopic (exact) mass is 275 g/mol. The Labute approximate surface area is 119 Å². The number of hydrogen-bond acceptors (Lipinski definition) is 4. The predicted molar refractivity (Wildman–Crippen MR) is 77.7 cm³/mol. The Hall–Kier alpha value is -1.59. The number of ether oxygens (including phenoxy) is 1. The summed E-state index contributed by atoms with van der Waals surface area (Å²) in [5.74, 6) is 0.297. The van der Waals surface area contributed by atoms with Gasteiger partial charge in [0.25, 0.3) is 0 Å². The van der Waals surface area contributed by atoms with Gasteiger partial charge in [0.05, 0.1) is 19.1 Å². The van der Waals surface area contributed by atoms with Crippen LogP contribution in [0.25, 0.3) is 0 Å². The van der Waals surface area contributed by atoms with Gasteiger partial charge in [-0.2, -0.15) is 0 Å². The van der Waals surface area contributed by atoms with Crippen LogP contribution >= 0.6 is 0 Å². The van der Waals surface area contributed by atoms with Crippen molar-refractivity contribution in [2.75, 3.05) is 44.3 Å². The number of morpholine rings is 1. The van der Waals surface area contributed by atoms with Crippen LogP contribution < -0.4 is 15.5 Å². The van der Waals surface area contributed by atoms with Gasteiger partial charge in [0.1, 0.15) is 0 Å². The molecular formula is C15H21N3O2. The highest BCUT2D eigenvalue weighted by Crippen LogP contribution is 2.21. The van der Waals surface area contributed by atoms with E-state index in [-0.39, 0.29) is 11.8 Å². The summed E-state index contributed by atoms with van der Waals surface area (Å²) in [6, 6.07) is 8.28. The highest BCUT2D eigenvalue weighted by Gasteiger charge is 2.24. The van der Waals surface area contributed by atoms with E-state index in [9.17, 15) is 4.79 Å². The van der Waals surface area contributed by atoms with Gasteiger partial charge in [-0.15, -0.1) is 0 Å². The largest absolute Gasteiger partial charge is 0.378 e. The summed E-state index contributed by atoms with van der Waals surface area (Å²) < 4.78 is 5.39. The first-order valence-electron chi connectivity index (χ1n) is 7.23. The third-order valence-corrected chi connectivity index (χ3v) is 3.95. The molecule has 2 aliphatic rings. The second-order valence-electron chi connectivity index (χ2n) is 5.30. The third kappa shape index (κ3) is 2.94. The van der Waals surface area contributed by atoms with Crippen molar-refractivity contribution in [1.82, 2.24) is 10.6 Å². The second-order valence-corrected chi connectivity index (χ2v) is 5.30. The number of benzene rings is 1. The normalized spacial score (nSPS) is 19.5. The van der Waals surface area contributed by atoms with Crippen LogP contribution in [0.5, 0.6) is 0 Å². The summed E-state index contributed by atoms with van der Waals surface area (Å²) in [4.78, 5) is 14.2. The molecule has 0 radical (unpaired) electrons. The van der Waals surface area contributed by atoms with E-state index in [1.165, 1.54) is 11.3 Å². The molecule has 0 saturated carbocycles. The van der Waals surface area contributed by atoms with Crippen molar-refractivity contribution in [2.24, 2.45) is 5.92 Å². The van der Waals surface area contributed by atoms with Gasteiger partial charge in [-0.1, -0.05) is 18.2 Å². The fourth-order valence-corrected chi connectivity index (χ4v) is 2.57. The van der Waals surface area contributed by atoms with E-state index in [2.05, 4.69) is 27.7 Å². The second kappa shape index (κ2) is 6.24. The van der Waals surface area contributed by atoms with Crippen molar-refractivity contribution in [3.63, 3.8) is 0 Å². The van der Waals surface area contributed by atoms with Crippen LogP contribution in [0.4, 0.5) is 5.69 Å². The van der Waals surface area contributed by atoms with Gasteiger partial charge in [0, 0.05) is 38.4 Å². The van der Waals surface area contributed by atoms with Crippen molar-refractivity contribution in [1.29, 1.82) is 0 Å². The number of rotatable bonds is 4. The number of anilines is 1. The first-order chi connectivity index (χ1) is 9.84. The van der Waals surface area contributed by atoms with Gasteiger partial charge in [0.2, 0.25) is 5.91 Å². The van der Waals surface area contributed by atoms with Crippen LogP contribution in [0, 0.1) is 5.92 Å². The number of amides is 1. The molecule has 2 saturated heterocycles. The Morgan fingerprint density at radius 3 is 2.75 bits per heavy atom. The van der Waals surface area contributed by atoms with E-state index in [1.807, 2.05) is 12.1 Å². The summed E-state index contributed by atoms with van der Waals surface area (Å²) in [6.45, 7) is 5.58. The fraction of sp³-hybridized carbons (Fsp3) is 0.533. The number of hydrogen-bond donors (Lipinski definition) is 2. The summed E-state index contributed by atoms with van der Waals surface area (Å²) in [5.41, 5.74) is 2.39. The van der Waals surface area contributed by atoms with Crippen molar-refractivity contribution in [2.45, 2.75) is 6.54 Å². The number of para-hydroxylation sites is 1. The quantitative estimate of drug-likeness (QED) is 0.833. The maximum Gasteiger partial charge on any atom is 0.225 e. The molecular weight excluding hydrogens is 254 g/mol. The van der Waals surface area contributed by atoms with Crippen molar-refractivity contribution in [3.8, 4) is 0 Å². The van der Waals surface area contributed by atoms with Gasteiger partial charge in [0.15, 0.2) is 0 Å². The molecule has 2 aliphatic heterocycles. The van der Waals surface area contributed by atoms with Crippen LogP contribution in [-0.4, -0.2) is 45.3 Å². The first-order valence-corrected chi connectivity index (χ1v) is 7.23. The zero-order valence-corrected chi connectivity index (χ0v) is 11.6. The molecule has 1 aromatic rings. The van der Waals surface area contributed by atoms with Crippen LogP contribution in [0.3, 0.4) is 0 Å². The number of carbonyl (C=O) groups excluding carboxylic acids is 1. The minimum atomic E-state index is 0.144. The van der Waals surface area contributed by atoms with Gasteiger partial charge < -0.3 is 20.3 Å². The topological polar surface area (TPSA) is 53.6 Å². The Kier molecular flexibility index (Phi) is 4.18. The van der Waals surface area contributed by atoms with E-state index >= 15 is 0 Å². The molecule has 5 heteroatoms. The Bertz CT molecular complexity index is 468. The Morgan fingerprint density at radius 1 is 1.30 bits per heavy atom. The van der Waals surface area contributed by atoms with E-state index in [4.69, 9.17) is 4.74 Å². The Balaban J connectivity index is 1.64. The molecule has 1 aromatic carbocycles. The maximum atomic E-state index is 11.9. The maximum absolute atomic E-state index is 11.9. The molecule has 5 nitrogen and oxygen atoms in total. The number of nitrogens with one attached hydrogen (secondary N) is 2. The van der Waals surface area contributed by atoms with Gasteiger partial charge in [-0.25, -0.2) is 0 Å². The minimum absolute atomic E-state index is 0.144. The SMILES string of the molecule is O=C(NCc1ccccc1N1CCOCC1)C1CNC1. The average molecular weight is 275 g/mol. The summed E-state index contributed by atoms with van der Waals surface area (Å²) in [7, 11) is 0. The average Bonchev–Trinajstić information content (AvgIpc) is 2.44. The third-order valence-electron chi connectivity index (χ3n) is 3.95. The lowest BCUT2D eigenvalue weighted by atomic mass is 10.0. The molecule has 0 bridgehead atoms. The van der Waals surface area contributed by atoms with Crippen molar-refractivity contribution < 1.29 is 9.53 Å². The van der Waals surface area contributed by atoms with Crippen LogP contribution in [0.1, 0.15) is 5.56 Å². The predicted octanol–water partition coefficient (Wildman–Crippen LogP) is 0.359. The standard InChI is InChI=1S/C15H21N3O2/c19-15(13-9-16-10-13)17-11-12-3-1-2-4-14(12)18-5-7-20-8-6-18/h1-4,13,16H,5-11H2,(H,17,19). The molecule has 0 aliphatic carbocycles. The highest BCUT2D eigenvalue weighted by molar-refractivity contribution is 5.80.